The minimum absolute atomic E-state index is 0.0177. The SMILES string of the molecule is CS(=O)(=O)C1CCCC(Nc2ccccc2C(F)(F)F)C1. The highest BCUT2D eigenvalue weighted by Gasteiger charge is 2.35. The van der Waals surface area contributed by atoms with Gasteiger partial charge in [-0.3, -0.25) is 0 Å². The van der Waals surface area contributed by atoms with Crippen molar-refractivity contribution in [2.24, 2.45) is 0 Å². The van der Waals surface area contributed by atoms with E-state index in [0.717, 1.165) is 6.07 Å². The highest BCUT2D eigenvalue weighted by Crippen LogP contribution is 2.36. The number of halogens is 3. The lowest BCUT2D eigenvalue weighted by molar-refractivity contribution is -0.137. The average molecular weight is 321 g/mol. The van der Waals surface area contributed by atoms with Crippen LogP contribution in [0.15, 0.2) is 24.3 Å². The maximum atomic E-state index is 12.9. The van der Waals surface area contributed by atoms with Crippen LogP contribution in [0.3, 0.4) is 0 Å². The fourth-order valence-electron chi connectivity index (χ4n) is 2.74. The second kappa shape index (κ2) is 5.87. The predicted molar refractivity (Wildman–Crippen MR) is 76.0 cm³/mol. The minimum atomic E-state index is -4.42. The Hall–Kier alpha value is -1.24. The van der Waals surface area contributed by atoms with Gasteiger partial charge in [0.2, 0.25) is 0 Å². The van der Waals surface area contributed by atoms with E-state index in [9.17, 15) is 21.6 Å². The topological polar surface area (TPSA) is 46.2 Å². The fraction of sp³-hybridized carbons (Fsp3) is 0.571. The zero-order valence-corrected chi connectivity index (χ0v) is 12.5. The molecule has 21 heavy (non-hydrogen) atoms. The normalized spacial score (nSPS) is 23.8. The third-order valence-corrected chi connectivity index (χ3v) is 5.46. The average Bonchev–Trinajstić information content (AvgIpc) is 2.37. The molecule has 0 radical (unpaired) electrons. The predicted octanol–water partition coefficient (Wildman–Crippen LogP) is 3.47. The van der Waals surface area contributed by atoms with E-state index in [4.69, 9.17) is 0 Å². The van der Waals surface area contributed by atoms with Gasteiger partial charge < -0.3 is 5.32 Å². The molecule has 1 aromatic rings. The molecule has 7 heteroatoms. The molecule has 2 unspecified atom stereocenters. The van der Waals surface area contributed by atoms with E-state index >= 15 is 0 Å². The van der Waals surface area contributed by atoms with Gasteiger partial charge in [0, 0.05) is 18.0 Å². The molecule has 2 rings (SSSR count). The van der Waals surface area contributed by atoms with Gasteiger partial charge in [0.05, 0.1) is 10.8 Å². The van der Waals surface area contributed by atoms with Crippen LogP contribution in [0.1, 0.15) is 31.2 Å². The Kier molecular flexibility index (Phi) is 4.51. The summed E-state index contributed by atoms with van der Waals surface area (Å²) in [7, 11) is -3.15. The first-order valence-corrected chi connectivity index (χ1v) is 8.75. The van der Waals surface area contributed by atoms with Crippen molar-refractivity contribution in [1.82, 2.24) is 0 Å². The number of benzene rings is 1. The van der Waals surface area contributed by atoms with E-state index in [1.165, 1.54) is 24.5 Å². The van der Waals surface area contributed by atoms with Gasteiger partial charge in [-0.05, 0) is 31.4 Å². The van der Waals surface area contributed by atoms with Crippen molar-refractivity contribution in [2.45, 2.75) is 43.2 Å². The molecule has 0 saturated heterocycles. The molecule has 0 heterocycles. The van der Waals surface area contributed by atoms with E-state index in [0.29, 0.717) is 25.7 Å². The Labute approximate surface area is 122 Å². The van der Waals surface area contributed by atoms with Crippen molar-refractivity contribution in [3.8, 4) is 0 Å². The number of anilines is 1. The molecule has 3 nitrogen and oxygen atoms in total. The summed E-state index contributed by atoms with van der Waals surface area (Å²) in [4.78, 5) is 0. The second-order valence-electron chi connectivity index (χ2n) is 5.50. The summed E-state index contributed by atoms with van der Waals surface area (Å²) in [5, 5.41) is 2.40. The standard InChI is InChI=1S/C14H18F3NO2S/c1-21(19,20)11-6-4-5-10(9-11)18-13-8-3-2-7-12(13)14(15,16)17/h2-3,7-8,10-11,18H,4-6,9H2,1H3. The van der Waals surface area contributed by atoms with Crippen molar-refractivity contribution in [1.29, 1.82) is 0 Å². The smallest absolute Gasteiger partial charge is 0.382 e. The number of hydrogen-bond acceptors (Lipinski definition) is 3. The van der Waals surface area contributed by atoms with Crippen LogP contribution >= 0.6 is 0 Å². The Balaban J connectivity index is 2.16. The summed E-state index contributed by atoms with van der Waals surface area (Å²) in [5.74, 6) is 0. The molecule has 0 bridgehead atoms. The number of alkyl halides is 3. The molecule has 0 aromatic heterocycles. The van der Waals surface area contributed by atoms with E-state index < -0.39 is 26.8 Å². The molecule has 2 atom stereocenters. The lowest BCUT2D eigenvalue weighted by Crippen LogP contribution is -2.34. The van der Waals surface area contributed by atoms with Crippen LogP contribution in [0.5, 0.6) is 0 Å². The number of para-hydroxylation sites is 1. The molecule has 1 saturated carbocycles. The summed E-state index contributed by atoms with van der Waals surface area (Å²) in [6.07, 6.45) is -0.928. The summed E-state index contributed by atoms with van der Waals surface area (Å²) in [6.45, 7) is 0. The largest absolute Gasteiger partial charge is 0.418 e. The van der Waals surface area contributed by atoms with Gasteiger partial charge in [0.25, 0.3) is 0 Å². The first-order chi connectivity index (χ1) is 9.68. The van der Waals surface area contributed by atoms with Crippen LogP contribution in [0.4, 0.5) is 18.9 Å². The Morgan fingerprint density at radius 2 is 1.86 bits per heavy atom. The van der Waals surface area contributed by atoms with Gasteiger partial charge >= 0.3 is 6.18 Å². The molecule has 1 N–H and O–H groups in total. The van der Waals surface area contributed by atoms with Crippen molar-refractivity contribution >= 4 is 15.5 Å². The lowest BCUT2D eigenvalue weighted by atomic mass is 9.94. The molecule has 1 aromatic carbocycles. The first-order valence-electron chi connectivity index (χ1n) is 6.79. The molecule has 0 aliphatic heterocycles. The Bertz CT molecular complexity index is 598. The monoisotopic (exact) mass is 321 g/mol. The molecular formula is C14H18F3NO2S. The van der Waals surface area contributed by atoms with E-state index in [2.05, 4.69) is 5.32 Å². The highest BCUT2D eigenvalue weighted by molar-refractivity contribution is 7.91. The van der Waals surface area contributed by atoms with Crippen LogP contribution in [0.25, 0.3) is 0 Å². The zero-order chi connectivity index (χ0) is 15.7. The molecule has 1 aliphatic rings. The van der Waals surface area contributed by atoms with Crippen LogP contribution < -0.4 is 5.32 Å². The van der Waals surface area contributed by atoms with Gasteiger partial charge in [-0.2, -0.15) is 13.2 Å². The van der Waals surface area contributed by atoms with E-state index in [1.807, 2.05) is 0 Å². The van der Waals surface area contributed by atoms with Crippen molar-refractivity contribution < 1.29 is 21.6 Å². The number of nitrogens with one attached hydrogen (secondary N) is 1. The Morgan fingerprint density at radius 1 is 1.19 bits per heavy atom. The van der Waals surface area contributed by atoms with Gasteiger partial charge in [0.1, 0.15) is 9.84 Å². The minimum Gasteiger partial charge on any atom is -0.382 e. The van der Waals surface area contributed by atoms with Gasteiger partial charge in [0.15, 0.2) is 0 Å². The lowest BCUT2D eigenvalue weighted by Gasteiger charge is -2.30. The molecule has 1 fully saturated rings. The summed E-state index contributed by atoms with van der Waals surface area (Å²) < 4.78 is 62.0. The zero-order valence-electron chi connectivity index (χ0n) is 11.7. The summed E-state index contributed by atoms with van der Waals surface area (Å²) in [5.41, 5.74) is -0.698. The van der Waals surface area contributed by atoms with Crippen molar-refractivity contribution in [3.05, 3.63) is 29.8 Å². The van der Waals surface area contributed by atoms with E-state index in [-0.39, 0.29) is 11.7 Å². The van der Waals surface area contributed by atoms with Crippen LogP contribution in [-0.2, 0) is 16.0 Å². The molecular weight excluding hydrogens is 303 g/mol. The van der Waals surface area contributed by atoms with Crippen molar-refractivity contribution in [2.75, 3.05) is 11.6 Å². The fourth-order valence-corrected chi connectivity index (χ4v) is 3.92. The van der Waals surface area contributed by atoms with Gasteiger partial charge in [-0.25, -0.2) is 8.42 Å². The quantitative estimate of drug-likeness (QED) is 0.927. The summed E-state index contributed by atoms with van der Waals surface area (Å²) >= 11 is 0. The third-order valence-electron chi connectivity index (χ3n) is 3.82. The second-order valence-corrected chi connectivity index (χ2v) is 7.83. The number of sulfone groups is 1. The maximum Gasteiger partial charge on any atom is 0.418 e. The van der Waals surface area contributed by atoms with Crippen LogP contribution in [0.2, 0.25) is 0 Å². The molecule has 118 valence electrons. The van der Waals surface area contributed by atoms with Crippen molar-refractivity contribution in [3.63, 3.8) is 0 Å². The number of rotatable bonds is 3. The highest BCUT2D eigenvalue weighted by atomic mass is 32.2. The van der Waals surface area contributed by atoms with Crippen LogP contribution in [0, 0.1) is 0 Å². The van der Waals surface area contributed by atoms with Crippen LogP contribution in [-0.4, -0.2) is 26.0 Å². The first kappa shape index (κ1) is 16.1. The number of hydrogen-bond donors (Lipinski definition) is 1. The third kappa shape index (κ3) is 4.12. The molecule has 0 spiro atoms. The van der Waals surface area contributed by atoms with Gasteiger partial charge in [-0.15, -0.1) is 0 Å². The summed E-state index contributed by atoms with van der Waals surface area (Å²) in [6, 6.07) is 5.04. The molecule has 0 amide bonds. The van der Waals surface area contributed by atoms with Gasteiger partial charge in [-0.1, -0.05) is 18.6 Å². The maximum absolute atomic E-state index is 12.9. The molecule has 1 aliphatic carbocycles. The van der Waals surface area contributed by atoms with E-state index in [1.54, 1.807) is 0 Å². The Morgan fingerprint density at radius 3 is 2.48 bits per heavy atom.